The minimum Gasteiger partial charge on any atom is -0.481 e. The van der Waals surface area contributed by atoms with Gasteiger partial charge >= 0.3 is 5.97 Å². The Morgan fingerprint density at radius 3 is 2.33 bits per heavy atom. The molecule has 21 heavy (non-hydrogen) atoms. The van der Waals surface area contributed by atoms with Crippen LogP contribution < -0.4 is 5.73 Å². The zero-order valence-corrected chi connectivity index (χ0v) is 12.7. The van der Waals surface area contributed by atoms with Crippen LogP contribution in [0.15, 0.2) is 30.3 Å². The van der Waals surface area contributed by atoms with Crippen molar-refractivity contribution < 1.29 is 14.7 Å². The van der Waals surface area contributed by atoms with Gasteiger partial charge in [0.2, 0.25) is 5.91 Å². The van der Waals surface area contributed by atoms with Crippen LogP contribution in [0.1, 0.15) is 38.2 Å². The molecular formula is C16H24N2O3. The van der Waals surface area contributed by atoms with Gasteiger partial charge in [-0.05, 0) is 25.8 Å². The average Bonchev–Trinajstić information content (AvgIpc) is 2.44. The number of hydrogen-bond donors (Lipinski definition) is 2. The van der Waals surface area contributed by atoms with E-state index in [4.69, 9.17) is 10.8 Å². The quantitative estimate of drug-likeness (QED) is 0.765. The van der Waals surface area contributed by atoms with E-state index in [1.165, 1.54) is 0 Å². The maximum Gasteiger partial charge on any atom is 0.303 e. The average molecular weight is 292 g/mol. The fourth-order valence-corrected chi connectivity index (χ4v) is 2.29. The molecule has 5 heteroatoms. The van der Waals surface area contributed by atoms with Crippen molar-refractivity contribution in [1.29, 1.82) is 0 Å². The molecule has 0 aromatic heterocycles. The lowest BCUT2D eigenvalue weighted by atomic mass is 9.97. The molecule has 1 rings (SSSR count). The molecule has 3 N–H and O–H groups in total. The van der Waals surface area contributed by atoms with Crippen molar-refractivity contribution in [3.8, 4) is 0 Å². The molecule has 0 aliphatic rings. The van der Waals surface area contributed by atoms with Gasteiger partial charge in [0.15, 0.2) is 0 Å². The van der Waals surface area contributed by atoms with Crippen molar-refractivity contribution >= 4 is 11.9 Å². The summed E-state index contributed by atoms with van der Waals surface area (Å²) in [5.74, 6) is -1.26. The molecule has 0 bridgehead atoms. The first-order valence-electron chi connectivity index (χ1n) is 7.24. The molecule has 1 aromatic carbocycles. The molecule has 1 unspecified atom stereocenters. The van der Waals surface area contributed by atoms with Gasteiger partial charge in [0.1, 0.15) is 0 Å². The summed E-state index contributed by atoms with van der Waals surface area (Å²) >= 11 is 0. The van der Waals surface area contributed by atoms with Crippen molar-refractivity contribution in [3.05, 3.63) is 35.9 Å². The predicted molar refractivity (Wildman–Crippen MR) is 82.0 cm³/mol. The third-order valence-electron chi connectivity index (χ3n) is 3.43. The first-order valence-corrected chi connectivity index (χ1v) is 7.24. The number of carbonyl (C=O) groups excluding carboxylic acids is 1. The van der Waals surface area contributed by atoms with E-state index < -0.39 is 5.97 Å². The van der Waals surface area contributed by atoms with Crippen LogP contribution in [-0.2, 0) is 9.59 Å². The minimum absolute atomic E-state index is 0.0176. The summed E-state index contributed by atoms with van der Waals surface area (Å²) in [5.41, 5.74) is 6.68. The van der Waals surface area contributed by atoms with E-state index in [0.717, 1.165) is 5.56 Å². The van der Waals surface area contributed by atoms with E-state index >= 15 is 0 Å². The first kappa shape index (κ1) is 17.2. The summed E-state index contributed by atoms with van der Waals surface area (Å²) in [5, 5.41) is 8.71. The molecular weight excluding hydrogens is 268 g/mol. The lowest BCUT2D eigenvalue weighted by molar-refractivity contribution is -0.139. The van der Waals surface area contributed by atoms with Crippen molar-refractivity contribution in [3.63, 3.8) is 0 Å². The van der Waals surface area contributed by atoms with Crippen LogP contribution in [0.4, 0.5) is 0 Å². The molecule has 0 saturated carbocycles. The number of carbonyl (C=O) groups is 2. The highest BCUT2D eigenvalue weighted by Crippen LogP contribution is 2.19. The minimum atomic E-state index is -0.843. The Bertz CT molecular complexity index is 460. The monoisotopic (exact) mass is 292 g/mol. The number of benzene rings is 1. The molecule has 0 spiro atoms. The van der Waals surface area contributed by atoms with E-state index in [9.17, 15) is 9.59 Å². The van der Waals surface area contributed by atoms with Gasteiger partial charge in [-0.3, -0.25) is 9.59 Å². The van der Waals surface area contributed by atoms with E-state index in [2.05, 4.69) is 0 Å². The number of carboxylic acids is 1. The Labute approximate surface area is 125 Å². The zero-order valence-electron chi connectivity index (χ0n) is 12.7. The maximum atomic E-state index is 12.7. The van der Waals surface area contributed by atoms with Gasteiger partial charge in [-0.2, -0.15) is 0 Å². The van der Waals surface area contributed by atoms with Gasteiger partial charge in [-0.15, -0.1) is 0 Å². The van der Waals surface area contributed by atoms with Gasteiger partial charge in [0.05, 0.1) is 5.92 Å². The molecule has 0 saturated heterocycles. The van der Waals surface area contributed by atoms with Gasteiger partial charge < -0.3 is 15.7 Å². The van der Waals surface area contributed by atoms with Crippen molar-refractivity contribution in [2.45, 2.75) is 38.6 Å². The van der Waals surface area contributed by atoms with Crippen LogP contribution >= 0.6 is 0 Å². The number of amides is 1. The second kappa shape index (κ2) is 8.42. The summed E-state index contributed by atoms with van der Waals surface area (Å²) < 4.78 is 0. The summed E-state index contributed by atoms with van der Waals surface area (Å²) in [6, 6.07) is 9.47. The van der Waals surface area contributed by atoms with Crippen LogP contribution in [0, 0.1) is 0 Å². The van der Waals surface area contributed by atoms with Crippen LogP contribution in [0.2, 0.25) is 0 Å². The number of nitrogens with zero attached hydrogens (tertiary/aromatic N) is 1. The first-order chi connectivity index (χ1) is 9.97. The summed E-state index contributed by atoms with van der Waals surface area (Å²) in [6.07, 6.45) is 0.514. The van der Waals surface area contributed by atoms with Crippen LogP contribution in [0.3, 0.4) is 0 Å². The van der Waals surface area contributed by atoms with Crippen molar-refractivity contribution in [2.24, 2.45) is 5.73 Å². The SMILES string of the molecule is CC(C)N(CCCC(=O)O)C(=O)C(CN)c1ccccc1. The molecule has 116 valence electrons. The molecule has 5 nitrogen and oxygen atoms in total. The summed E-state index contributed by atoms with van der Waals surface area (Å²) in [6.45, 7) is 4.53. The number of carboxylic acid groups (broad SMARTS) is 1. The highest BCUT2D eigenvalue weighted by molar-refractivity contribution is 5.84. The Morgan fingerprint density at radius 2 is 1.86 bits per heavy atom. The Balaban J connectivity index is 2.80. The lowest BCUT2D eigenvalue weighted by Gasteiger charge is -2.30. The summed E-state index contributed by atoms with van der Waals surface area (Å²) in [4.78, 5) is 25.0. The van der Waals surface area contributed by atoms with Gasteiger partial charge in [0.25, 0.3) is 0 Å². The topological polar surface area (TPSA) is 83.6 Å². The predicted octanol–water partition coefficient (Wildman–Crippen LogP) is 1.83. The van der Waals surface area contributed by atoms with E-state index in [1.807, 2.05) is 44.2 Å². The molecule has 1 atom stereocenters. The van der Waals surface area contributed by atoms with Crippen molar-refractivity contribution in [1.82, 2.24) is 4.90 Å². The Morgan fingerprint density at radius 1 is 1.24 bits per heavy atom. The van der Waals surface area contributed by atoms with Crippen LogP contribution in [-0.4, -0.2) is 41.0 Å². The van der Waals surface area contributed by atoms with E-state index in [0.29, 0.717) is 13.0 Å². The normalized spacial score (nSPS) is 12.2. The molecule has 0 heterocycles. The van der Waals surface area contributed by atoms with Crippen molar-refractivity contribution in [2.75, 3.05) is 13.1 Å². The smallest absolute Gasteiger partial charge is 0.303 e. The summed E-state index contributed by atoms with van der Waals surface area (Å²) in [7, 11) is 0. The molecule has 1 amide bonds. The van der Waals surface area contributed by atoms with Gasteiger partial charge in [-0.25, -0.2) is 0 Å². The number of hydrogen-bond acceptors (Lipinski definition) is 3. The van der Waals surface area contributed by atoms with Gasteiger partial charge in [-0.1, -0.05) is 30.3 Å². The van der Waals surface area contributed by atoms with Gasteiger partial charge in [0, 0.05) is 25.6 Å². The van der Waals surface area contributed by atoms with E-state index in [-0.39, 0.29) is 30.8 Å². The highest BCUT2D eigenvalue weighted by atomic mass is 16.4. The Kier molecular flexibility index (Phi) is 6.88. The molecule has 1 aromatic rings. The maximum absolute atomic E-state index is 12.7. The molecule has 0 fully saturated rings. The molecule has 0 aliphatic heterocycles. The largest absolute Gasteiger partial charge is 0.481 e. The number of rotatable bonds is 8. The zero-order chi connectivity index (χ0) is 15.8. The second-order valence-corrected chi connectivity index (χ2v) is 5.32. The molecule has 0 radical (unpaired) electrons. The fraction of sp³-hybridized carbons (Fsp3) is 0.500. The third kappa shape index (κ3) is 5.19. The standard InChI is InChI=1S/C16H24N2O3/c1-12(2)18(10-6-9-15(19)20)16(21)14(11-17)13-7-4-3-5-8-13/h3-5,7-8,12,14H,6,9-11,17H2,1-2H3,(H,19,20). The van der Waals surface area contributed by atoms with E-state index in [1.54, 1.807) is 4.90 Å². The second-order valence-electron chi connectivity index (χ2n) is 5.32. The molecule has 0 aliphatic carbocycles. The highest BCUT2D eigenvalue weighted by Gasteiger charge is 2.26. The number of aliphatic carboxylic acids is 1. The fourth-order valence-electron chi connectivity index (χ4n) is 2.29. The van der Waals surface area contributed by atoms with Crippen LogP contribution in [0.25, 0.3) is 0 Å². The van der Waals surface area contributed by atoms with Crippen LogP contribution in [0.5, 0.6) is 0 Å². The lowest BCUT2D eigenvalue weighted by Crippen LogP contribution is -2.42. The Hall–Kier alpha value is -1.88. The number of nitrogens with two attached hydrogens (primary N) is 1. The third-order valence-corrected chi connectivity index (χ3v) is 3.43.